The lowest BCUT2D eigenvalue weighted by atomic mass is 10.1. The van der Waals surface area contributed by atoms with Gasteiger partial charge in [-0.1, -0.05) is 71.0 Å². The van der Waals surface area contributed by atoms with Gasteiger partial charge in [0.2, 0.25) is 0 Å². The van der Waals surface area contributed by atoms with Crippen molar-refractivity contribution in [1.82, 2.24) is 0 Å². The van der Waals surface area contributed by atoms with E-state index in [0.29, 0.717) is 19.3 Å². The topological polar surface area (TPSA) is 0 Å². The maximum atomic E-state index is 2.89. The third-order valence-electron chi connectivity index (χ3n) is 2.73. The van der Waals surface area contributed by atoms with Crippen LogP contribution in [0.25, 0.3) is 0 Å². The molecular weight excluding hydrogens is 348 g/mol. The van der Waals surface area contributed by atoms with Crippen LogP contribution in [0.15, 0.2) is 0 Å². The molecule has 0 aromatic rings. The third-order valence-corrected chi connectivity index (χ3v) is 2.73. The van der Waals surface area contributed by atoms with Crippen molar-refractivity contribution in [2.75, 3.05) is 0 Å². The zero-order valence-electron chi connectivity index (χ0n) is 15.3. The molecule has 0 saturated heterocycles. The van der Waals surface area contributed by atoms with Crippen LogP contribution in [0.3, 0.4) is 0 Å². The van der Waals surface area contributed by atoms with Crippen LogP contribution in [0, 0.1) is 154 Å². The maximum Gasteiger partial charge on any atom is 0.144 e. The van der Waals surface area contributed by atoms with Crippen LogP contribution >= 0.6 is 0 Å². The number of fused-ring (bicyclic) bond motifs is 3. The summed E-state index contributed by atoms with van der Waals surface area (Å²) >= 11 is 0. The van der Waals surface area contributed by atoms with Crippen LogP contribution in [0.4, 0.5) is 0 Å². The average molecular weight is 356 g/mol. The highest BCUT2D eigenvalue weighted by molar-refractivity contribution is 5.45. The molecule has 0 heterocycles. The lowest BCUT2D eigenvalue weighted by molar-refractivity contribution is 1.23. The van der Waals surface area contributed by atoms with Crippen LogP contribution in [0.2, 0.25) is 0 Å². The summed E-state index contributed by atoms with van der Waals surface area (Å²) in [5.41, 5.74) is 0. The van der Waals surface area contributed by atoms with E-state index in [1.807, 2.05) is 0 Å². The summed E-state index contributed by atoms with van der Waals surface area (Å²) in [6, 6.07) is 0. The number of rotatable bonds is 0. The molecule has 0 aromatic carbocycles. The summed E-state index contributed by atoms with van der Waals surface area (Å²) in [6.45, 7) is 0. The van der Waals surface area contributed by atoms with Crippen molar-refractivity contribution >= 4 is 0 Å². The highest BCUT2D eigenvalue weighted by atomic mass is 13.9. The monoisotopic (exact) mass is 356 g/mol. The summed E-state index contributed by atoms with van der Waals surface area (Å²) in [5.74, 6) is 66.0. The second-order valence-electron chi connectivity index (χ2n) is 4.82. The third kappa shape index (κ3) is 10.3. The van der Waals surface area contributed by atoms with E-state index in [9.17, 15) is 0 Å². The van der Waals surface area contributed by atoms with Gasteiger partial charge in [-0.3, -0.25) is 0 Å². The SMILES string of the molecule is C1#CCC#CC#CC2C#CC#CCC#CC#CC(C#CC#CCC#C1)C#CC#C2. The van der Waals surface area contributed by atoms with E-state index in [4.69, 9.17) is 0 Å². The zero-order valence-corrected chi connectivity index (χ0v) is 15.3. The van der Waals surface area contributed by atoms with E-state index in [1.165, 1.54) is 0 Å². The Balaban J connectivity index is 2.47. The minimum absolute atomic E-state index is 0.367. The minimum Gasteiger partial charge on any atom is -0.0760 e. The highest BCUT2D eigenvalue weighted by Crippen LogP contribution is 1.91. The van der Waals surface area contributed by atoms with Gasteiger partial charge in [0.05, 0.1) is 19.3 Å². The van der Waals surface area contributed by atoms with Crippen molar-refractivity contribution in [2.24, 2.45) is 11.8 Å². The first-order chi connectivity index (χ1) is 14.4. The average Bonchev–Trinajstić information content (AvgIpc) is 2.73. The molecule has 29 heavy (non-hydrogen) atoms. The Morgan fingerprint density at radius 2 is 0.483 bits per heavy atom. The predicted octanol–water partition coefficient (Wildman–Crippen LogP) is 1.46. The van der Waals surface area contributed by atoms with Crippen molar-refractivity contribution in [1.29, 1.82) is 0 Å². The van der Waals surface area contributed by atoms with Gasteiger partial charge in [0.25, 0.3) is 0 Å². The van der Waals surface area contributed by atoms with Crippen molar-refractivity contribution in [2.45, 2.75) is 19.3 Å². The van der Waals surface area contributed by atoms with Gasteiger partial charge in [0.15, 0.2) is 0 Å². The molecule has 2 atom stereocenters. The molecule has 0 aromatic heterocycles. The molecule has 2 bridgehead atoms. The lowest BCUT2D eigenvalue weighted by Gasteiger charge is -1.86. The first-order valence-electron chi connectivity index (χ1n) is 8.35. The Bertz CT molecular complexity index is 1320. The van der Waals surface area contributed by atoms with Crippen LogP contribution < -0.4 is 0 Å². The van der Waals surface area contributed by atoms with E-state index in [1.54, 1.807) is 0 Å². The Morgan fingerprint density at radius 3 is 0.759 bits per heavy atom. The van der Waals surface area contributed by atoms with Gasteiger partial charge in [0, 0.05) is 0 Å². The summed E-state index contributed by atoms with van der Waals surface area (Å²) in [4.78, 5) is 0. The maximum absolute atomic E-state index is 2.89. The van der Waals surface area contributed by atoms with Crippen molar-refractivity contribution in [3.05, 3.63) is 0 Å². The van der Waals surface area contributed by atoms with Crippen molar-refractivity contribution in [3.63, 3.8) is 0 Å². The molecule has 0 heteroatoms. The quantitative estimate of drug-likeness (QED) is 0.577. The van der Waals surface area contributed by atoms with Gasteiger partial charge < -0.3 is 0 Å². The van der Waals surface area contributed by atoms with E-state index >= 15 is 0 Å². The molecule has 0 N–H and O–H groups in total. The molecule has 2 aliphatic carbocycles. The first kappa shape index (κ1) is 20.0. The fraction of sp³-hybridized carbons (Fsp3) is 0.172. The van der Waals surface area contributed by atoms with Gasteiger partial charge >= 0.3 is 0 Å². The molecule has 0 spiro atoms. The van der Waals surface area contributed by atoms with Crippen LogP contribution in [-0.4, -0.2) is 0 Å². The molecule has 0 nitrogen and oxygen atoms in total. The molecular formula is C29H8. The van der Waals surface area contributed by atoms with Crippen molar-refractivity contribution < 1.29 is 0 Å². The second kappa shape index (κ2) is 13.9. The molecule has 124 valence electrons. The molecule has 0 aliphatic heterocycles. The molecule has 0 amide bonds. The van der Waals surface area contributed by atoms with Crippen molar-refractivity contribution in [3.8, 4) is 142 Å². The smallest absolute Gasteiger partial charge is 0.0760 e. The van der Waals surface area contributed by atoms with Gasteiger partial charge in [-0.05, 0) is 71.0 Å². The largest absolute Gasteiger partial charge is 0.144 e. The number of hydrogen-bond acceptors (Lipinski definition) is 0. The highest BCUT2D eigenvalue weighted by Gasteiger charge is 1.93. The predicted molar refractivity (Wildman–Crippen MR) is 114 cm³/mol. The van der Waals surface area contributed by atoms with E-state index in [0.717, 1.165) is 0 Å². The van der Waals surface area contributed by atoms with Crippen LogP contribution in [0.5, 0.6) is 0 Å². The van der Waals surface area contributed by atoms with Gasteiger partial charge in [-0.15, -0.1) is 0 Å². The summed E-state index contributed by atoms with van der Waals surface area (Å²) in [7, 11) is 0. The molecule has 0 fully saturated rings. The molecule has 0 saturated carbocycles. The minimum atomic E-state index is -0.520. The summed E-state index contributed by atoms with van der Waals surface area (Å²) in [6.07, 6.45) is 1.12. The van der Waals surface area contributed by atoms with Gasteiger partial charge in [-0.25, -0.2) is 0 Å². The van der Waals surface area contributed by atoms with E-state index in [2.05, 4.69) is 142 Å². The second-order valence-corrected chi connectivity index (χ2v) is 4.82. The van der Waals surface area contributed by atoms with Gasteiger partial charge in [-0.2, -0.15) is 0 Å². The molecule has 0 radical (unpaired) electrons. The van der Waals surface area contributed by atoms with Crippen LogP contribution in [0.1, 0.15) is 19.3 Å². The normalized spacial score (nSPS) is 16.6. The van der Waals surface area contributed by atoms with Gasteiger partial charge in [0.1, 0.15) is 11.8 Å². The lowest BCUT2D eigenvalue weighted by Crippen LogP contribution is -1.89. The van der Waals surface area contributed by atoms with Crippen LogP contribution in [-0.2, 0) is 0 Å². The van der Waals surface area contributed by atoms with E-state index in [-0.39, 0.29) is 0 Å². The standard InChI is InChI=1S/C29H8/c1-2-4-6-9-13-17-23-29-25-19-15-11-7-10-14-18-24-28(26-20-21-27-29)22-16-12-8-5-3-1/h28-29H,5-7H2. The first-order valence-corrected chi connectivity index (χ1v) is 8.35. The molecule has 2 aliphatic rings. The fourth-order valence-electron chi connectivity index (χ4n) is 1.53. The number of hydrogen-bond donors (Lipinski definition) is 0. The van der Waals surface area contributed by atoms with E-state index < -0.39 is 11.8 Å². The summed E-state index contributed by atoms with van der Waals surface area (Å²) in [5, 5.41) is 0. The molecule has 2 rings (SSSR count). The fourth-order valence-corrected chi connectivity index (χ4v) is 1.53. The Kier molecular flexibility index (Phi) is 9.64. The Hall–Kier alpha value is -5.28. The Labute approximate surface area is 173 Å². The zero-order chi connectivity index (χ0) is 20.2. The summed E-state index contributed by atoms with van der Waals surface area (Å²) < 4.78 is 0. The molecule has 2 unspecified atom stereocenters. The Morgan fingerprint density at radius 1 is 0.276 bits per heavy atom.